The van der Waals surface area contributed by atoms with Crippen molar-refractivity contribution in [1.29, 1.82) is 0 Å². The van der Waals surface area contributed by atoms with Crippen LogP contribution in [0, 0.1) is 0 Å². The van der Waals surface area contributed by atoms with Gasteiger partial charge in [0, 0.05) is 19.0 Å². The Kier molecular flexibility index (Phi) is 4.29. The van der Waals surface area contributed by atoms with Crippen LogP contribution in [0.3, 0.4) is 0 Å². The second-order valence-corrected chi connectivity index (χ2v) is 5.57. The molecule has 1 N–H and O–H groups in total. The Balaban J connectivity index is 2.24. The predicted molar refractivity (Wildman–Crippen MR) is 75.4 cm³/mol. The zero-order valence-electron chi connectivity index (χ0n) is 10.2. The normalized spacial score (nSPS) is 12.9. The number of hydrogen-bond acceptors (Lipinski definition) is 3. The Morgan fingerprint density at radius 1 is 1.50 bits per heavy atom. The summed E-state index contributed by atoms with van der Waals surface area (Å²) in [7, 11) is 1.89. The zero-order chi connectivity index (χ0) is 13.3. The standard InChI is InChI=1S/C12H14Br2N2O2/c1-3-8-11(13)9(16(2)15-8)6-10(17)7-4-5-18-12(7)14/h4-5,10,17H,3,6H2,1-2H3. The Labute approximate surface area is 122 Å². The van der Waals surface area contributed by atoms with Gasteiger partial charge in [0.2, 0.25) is 0 Å². The van der Waals surface area contributed by atoms with E-state index in [1.165, 1.54) is 0 Å². The first-order valence-corrected chi connectivity index (χ1v) is 7.24. The van der Waals surface area contributed by atoms with Crippen molar-refractivity contribution in [2.45, 2.75) is 25.9 Å². The van der Waals surface area contributed by atoms with Crippen LogP contribution in [0.5, 0.6) is 0 Å². The second-order valence-electron chi connectivity index (χ2n) is 4.05. The molecule has 0 amide bonds. The Hall–Kier alpha value is -0.590. The molecule has 1 atom stereocenters. The van der Waals surface area contributed by atoms with Gasteiger partial charge in [-0.25, -0.2) is 0 Å². The number of hydrogen-bond donors (Lipinski definition) is 1. The lowest BCUT2D eigenvalue weighted by Crippen LogP contribution is -2.06. The predicted octanol–water partition coefficient (Wildman–Crippen LogP) is 3.38. The maximum absolute atomic E-state index is 10.2. The van der Waals surface area contributed by atoms with E-state index >= 15 is 0 Å². The van der Waals surface area contributed by atoms with E-state index in [0.717, 1.165) is 27.8 Å². The summed E-state index contributed by atoms with van der Waals surface area (Å²) in [5, 5.41) is 14.6. The molecule has 0 fully saturated rings. The highest BCUT2D eigenvalue weighted by Gasteiger charge is 2.20. The van der Waals surface area contributed by atoms with Crippen LogP contribution in [0.4, 0.5) is 0 Å². The SMILES string of the molecule is CCc1nn(C)c(CC(O)c2ccoc2Br)c1Br. The van der Waals surface area contributed by atoms with Crippen molar-refractivity contribution in [3.63, 3.8) is 0 Å². The summed E-state index contributed by atoms with van der Waals surface area (Å²) in [4.78, 5) is 0. The molecular weight excluding hydrogens is 364 g/mol. The first-order valence-electron chi connectivity index (χ1n) is 5.65. The number of aliphatic hydroxyl groups excluding tert-OH is 1. The minimum Gasteiger partial charge on any atom is -0.457 e. The third kappa shape index (κ3) is 2.55. The van der Waals surface area contributed by atoms with Crippen molar-refractivity contribution in [3.8, 4) is 0 Å². The van der Waals surface area contributed by atoms with E-state index in [1.807, 2.05) is 7.05 Å². The lowest BCUT2D eigenvalue weighted by Gasteiger charge is -2.10. The van der Waals surface area contributed by atoms with E-state index in [-0.39, 0.29) is 0 Å². The summed E-state index contributed by atoms with van der Waals surface area (Å²) in [6.07, 6.45) is 2.29. The van der Waals surface area contributed by atoms with Gasteiger partial charge in [0.05, 0.1) is 28.2 Å². The molecule has 0 aliphatic heterocycles. The van der Waals surface area contributed by atoms with Crippen LogP contribution in [0.15, 0.2) is 25.9 Å². The van der Waals surface area contributed by atoms with Crippen molar-refractivity contribution in [3.05, 3.63) is 38.4 Å². The van der Waals surface area contributed by atoms with Crippen LogP contribution in [0.25, 0.3) is 0 Å². The van der Waals surface area contributed by atoms with E-state index in [4.69, 9.17) is 4.42 Å². The molecule has 0 spiro atoms. The smallest absolute Gasteiger partial charge is 0.174 e. The van der Waals surface area contributed by atoms with Gasteiger partial charge in [-0.2, -0.15) is 5.10 Å². The molecule has 2 heterocycles. The number of aryl methyl sites for hydroxylation is 2. The van der Waals surface area contributed by atoms with Gasteiger partial charge >= 0.3 is 0 Å². The summed E-state index contributed by atoms with van der Waals surface area (Å²) in [6, 6.07) is 1.76. The van der Waals surface area contributed by atoms with Crippen molar-refractivity contribution in [2.24, 2.45) is 7.05 Å². The molecule has 4 nitrogen and oxygen atoms in total. The second kappa shape index (κ2) is 5.59. The van der Waals surface area contributed by atoms with E-state index in [2.05, 4.69) is 43.9 Å². The fourth-order valence-electron chi connectivity index (χ4n) is 1.88. The van der Waals surface area contributed by atoms with Crippen LogP contribution < -0.4 is 0 Å². The van der Waals surface area contributed by atoms with E-state index in [9.17, 15) is 5.11 Å². The highest BCUT2D eigenvalue weighted by molar-refractivity contribution is 9.10. The van der Waals surface area contributed by atoms with Gasteiger partial charge in [0.25, 0.3) is 0 Å². The van der Waals surface area contributed by atoms with Crippen LogP contribution in [-0.2, 0) is 19.9 Å². The van der Waals surface area contributed by atoms with Gasteiger partial charge in [0.15, 0.2) is 4.67 Å². The number of halogens is 2. The number of furan rings is 1. The van der Waals surface area contributed by atoms with Gasteiger partial charge < -0.3 is 9.52 Å². The fourth-order valence-corrected chi connectivity index (χ4v) is 3.16. The third-order valence-electron chi connectivity index (χ3n) is 2.89. The topological polar surface area (TPSA) is 51.2 Å². The van der Waals surface area contributed by atoms with Crippen molar-refractivity contribution >= 4 is 31.9 Å². The van der Waals surface area contributed by atoms with Crippen molar-refractivity contribution in [2.75, 3.05) is 0 Å². The van der Waals surface area contributed by atoms with Gasteiger partial charge in [0.1, 0.15) is 0 Å². The van der Waals surface area contributed by atoms with Crippen LogP contribution >= 0.6 is 31.9 Å². The average molecular weight is 378 g/mol. The van der Waals surface area contributed by atoms with Crippen LogP contribution in [0.2, 0.25) is 0 Å². The number of aromatic nitrogens is 2. The first kappa shape index (κ1) is 13.8. The minimum absolute atomic E-state index is 0.488. The molecule has 2 aromatic rings. The van der Waals surface area contributed by atoms with Gasteiger partial charge in [-0.1, -0.05) is 6.92 Å². The van der Waals surface area contributed by atoms with E-state index < -0.39 is 6.10 Å². The highest BCUT2D eigenvalue weighted by atomic mass is 79.9. The van der Waals surface area contributed by atoms with Gasteiger partial charge in [-0.05, 0) is 44.3 Å². The summed E-state index contributed by atoms with van der Waals surface area (Å²) in [6.45, 7) is 2.06. The van der Waals surface area contributed by atoms with Crippen molar-refractivity contribution in [1.82, 2.24) is 9.78 Å². The summed E-state index contributed by atoms with van der Waals surface area (Å²) >= 11 is 6.82. The molecule has 0 saturated heterocycles. The maximum Gasteiger partial charge on any atom is 0.174 e. The number of rotatable bonds is 4. The molecular formula is C12H14Br2N2O2. The molecule has 6 heteroatoms. The quantitative estimate of drug-likeness (QED) is 0.888. The maximum atomic E-state index is 10.2. The lowest BCUT2D eigenvalue weighted by atomic mass is 10.1. The molecule has 18 heavy (non-hydrogen) atoms. The zero-order valence-corrected chi connectivity index (χ0v) is 13.3. The average Bonchev–Trinajstić information content (AvgIpc) is 2.87. The molecule has 0 bridgehead atoms. The summed E-state index contributed by atoms with van der Waals surface area (Å²) in [5.41, 5.74) is 2.74. The van der Waals surface area contributed by atoms with Crippen molar-refractivity contribution < 1.29 is 9.52 Å². The minimum atomic E-state index is -0.616. The highest BCUT2D eigenvalue weighted by Crippen LogP contribution is 2.30. The Bertz CT molecular complexity index is 548. The molecule has 2 rings (SSSR count). The molecule has 0 aliphatic carbocycles. The fraction of sp³-hybridized carbons (Fsp3) is 0.417. The number of aliphatic hydroxyl groups is 1. The van der Waals surface area contributed by atoms with Crippen LogP contribution in [-0.4, -0.2) is 14.9 Å². The van der Waals surface area contributed by atoms with Crippen LogP contribution in [0.1, 0.15) is 30.0 Å². The largest absolute Gasteiger partial charge is 0.457 e. The number of nitrogens with zero attached hydrogens (tertiary/aromatic N) is 2. The summed E-state index contributed by atoms with van der Waals surface area (Å²) < 4.78 is 8.49. The third-order valence-corrected chi connectivity index (χ3v) is 4.45. The van der Waals surface area contributed by atoms with Gasteiger partial charge in [-0.3, -0.25) is 4.68 Å². The first-order chi connectivity index (χ1) is 8.54. The van der Waals surface area contributed by atoms with E-state index in [1.54, 1.807) is 17.0 Å². The Morgan fingerprint density at radius 3 is 2.72 bits per heavy atom. The lowest BCUT2D eigenvalue weighted by molar-refractivity contribution is 0.173. The molecule has 0 aliphatic rings. The monoisotopic (exact) mass is 376 g/mol. The summed E-state index contributed by atoms with van der Waals surface area (Å²) in [5.74, 6) is 0. The van der Waals surface area contributed by atoms with E-state index in [0.29, 0.717) is 11.1 Å². The molecule has 0 radical (unpaired) electrons. The molecule has 0 saturated carbocycles. The molecule has 98 valence electrons. The molecule has 2 aromatic heterocycles. The van der Waals surface area contributed by atoms with Gasteiger partial charge in [-0.15, -0.1) is 0 Å². The molecule has 1 unspecified atom stereocenters. The molecule has 0 aromatic carbocycles. The Morgan fingerprint density at radius 2 is 2.22 bits per heavy atom.